The molecule has 0 bridgehead atoms. The Hall–Kier alpha value is -1.57. The van der Waals surface area contributed by atoms with Crippen LogP contribution in [-0.2, 0) is 31.3 Å². The Morgan fingerprint density at radius 3 is 2.46 bits per heavy atom. The maximum atomic E-state index is 12.5. The van der Waals surface area contributed by atoms with Crippen LogP contribution in [0.1, 0.15) is 4.88 Å². The summed E-state index contributed by atoms with van der Waals surface area (Å²) in [5.74, 6) is 0.483. The Balaban J connectivity index is 1.65. The van der Waals surface area contributed by atoms with E-state index in [1.807, 2.05) is 0 Å². The molecule has 1 aliphatic heterocycles. The Morgan fingerprint density at radius 2 is 1.88 bits per heavy atom. The zero-order valence-electron chi connectivity index (χ0n) is 13.7. The molecule has 0 aromatic carbocycles. The number of thiophene rings is 1. The molecule has 1 saturated heterocycles. The van der Waals surface area contributed by atoms with Gasteiger partial charge in [0.1, 0.15) is 14.9 Å². The minimum Gasteiger partial charge on any atom is -0.379 e. The monoisotopic (exact) mass is 418 g/mol. The number of primary sulfonamides is 1. The number of aromatic nitrogens is 1. The first-order valence-corrected chi connectivity index (χ1v) is 11.5. The van der Waals surface area contributed by atoms with Gasteiger partial charge < -0.3 is 10.1 Å². The lowest BCUT2D eigenvalue weighted by Crippen LogP contribution is -2.40. The zero-order chi connectivity index (χ0) is 18.8. The minimum atomic E-state index is -3.70. The molecule has 2 aromatic rings. The molecule has 0 aliphatic carbocycles. The van der Waals surface area contributed by atoms with Gasteiger partial charge in [-0.25, -0.2) is 27.0 Å². The van der Waals surface area contributed by atoms with Crippen molar-refractivity contribution in [3.05, 3.63) is 35.3 Å². The smallest absolute Gasteiger partial charge is 0.247 e. The van der Waals surface area contributed by atoms with Crippen LogP contribution in [0.2, 0.25) is 0 Å². The summed E-state index contributed by atoms with van der Waals surface area (Å²) < 4.78 is 54.2. The number of morpholine rings is 1. The highest BCUT2D eigenvalue weighted by Gasteiger charge is 2.26. The number of sulfonamides is 2. The molecule has 1 aliphatic rings. The van der Waals surface area contributed by atoms with E-state index in [1.165, 1.54) is 22.6 Å². The van der Waals surface area contributed by atoms with Crippen LogP contribution in [0.5, 0.6) is 0 Å². The summed E-state index contributed by atoms with van der Waals surface area (Å²) in [4.78, 5) is 5.01. The van der Waals surface area contributed by atoms with Crippen LogP contribution in [0.3, 0.4) is 0 Å². The molecule has 12 heteroatoms. The van der Waals surface area contributed by atoms with E-state index in [4.69, 9.17) is 9.88 Å². The lowest BCUT2D eigenvalue weighted by atomic mass is 10.4. The minimum absolute atomic E-state index is 0.0919. The first kappa shape index (κ1) is 19.2. The van der Waals surface area contributed by atoms with Gasteiger partial charge in [0.05, 0.1) is 19.8 Å². The van der Waals surface area contributed by atoms with Crippen molar-refractivity contribution in [3.63, 3.8) is 0 Å². The maximum absolute atomic E-state index is 12.5. The average molecular weight is 419 g/mol. The predicted molar refractivity (Wildman–Crippen MR) is 96.8 cm³/mol. The van der Waals surface area contributed by atoms with Crippen molar-refractivity contribution in [2.45, 2.75) is 15.6 Å². The number of ether oxygens (including phenoxy) is 1. The van der Waals surface area contributed by atoms with E-state index < -0.39 is 20.0 Å². The topological polar surface area (TPSA) is 132 Å². The fraction of sp³-hybridized carbons (Fsp3) is 0.357. The second-order valence-electron chi connectivity index (χ2n) is 5.51. The van der Waals surface area contributed by atoms with Gasteiger partial charge in [-0.1, -0.05) is 0 Å². The highest BCUT2D eigenvalue weighted by molar-refractivity contribution is 7.91. The van der Waals surface area contributed by atoms with Crippen molar-refractivity contribution in [1.82, 2.24) is 9.29 Å². The number of hydrogen-bond acceptors (Lipinski definition) is 8. The fourth-order valence-corrected chi connectivity index (χ4v) is 5.43. The molecule has 1 fully saturated rings. The third-order valence-electron chi connectivity index (χ3n) is 3.71. The van der Waals surface area contributed by atoms with Gasteiger partial charge in [0.2, 0.25) is 20.0 Å². The Kier molecular flexibility index (Phi) is 5.60. The van der Waals surface area contributed by atoms with Crippen molar-refractivity contribution >= 4 is 37.2 Å². The summed E-state index contributed by atoms with van der Waals surface area (Å²) in [5.41, 5.74) is 0. The third kappa shape index (κ3) is 4.39. The molecule has 26 heavy (non-hydrogen) atoms. The standard InChI is InChI=1S/C14H18N4O5S3/c15-25(19,20)14-4-1-11(24-14)9-16-13-3-2-12(10-17-13)26(21,22)18-5-7-23-8-6-18/h1-4,10H,5-9H2,(H,16,17)(H2,15,19,20). The van der Waals surface area contributed by atoms with Crippen LogP contribution in [-0.4, -0.2) is 52.4 Å². The SMILES string of the molecule is NS(=O)(=O)c1ccc(CNc2ccc(S(=O)(=O)N3CCOCC3)cn2)s1. The van der Waals surface area contributed by atoms with Crippen LogP contribution < -0.4 is 10.5 Å². The molecular formula is C14H18N4O5S3. The number of anilines is 1. The average Bonchev–Trinajstić information content (AvgIpc) is 3.10. The lowest BCUT2D eigenvalue weighted by molar-refractivity contribution is 0.0730. The predicted octanol–water partition coefficient (Wildman–Crippen LogP) is 0.423. The fourth-order valence-electron chi connectivity index (χ4n) is 2.36. The van der Waals surface area contributed by atoms with Crippen molar-refractivity contribution in [1.29, 1.82) is 0 Å². The van der Waals surface area contributed by atoms with E-state index in [2.05, 4.69) is 10.3 Å². The highest BCUT2D eigenvalue weighted by atomic mass is 32.2. The van der Waals surface area contributed by atoms with Gasteiger partial charge in [-0.05, 0) is 24.3 Å². The maximum Gasteiger partial charge on any atom is 0.247 e. The van der Waals surface area contributed by atoms with E-state index in [9.17, 15) is 16.8 Å². The summed E-state index contributed by atoms with van der Waals surface area (Å²) in [6, 6.07) is 6.17. The molecule has 3 heterocycles. The largest absolute Gasteiger partial charge is 0.379 e. The molecule has 3 rings (SSSR count). The summed E-state index contributed by atoms with van der Waals surface area (Å²) >= 11 is 1.07. The number of nitrogens with two attached hydrogens (primary N) is 1. The van der Waals surface area contributed by atoms with Crippen molar-refractivity contribution in [2.24, 2.45) is 5.14 Å². The number of nitrogens with one attached hydrogen (secondary N) is 1. The molecule has 9 nitrogen and oxygen atoms in total. The van der Waals surface area contributed by atoms with Gasteiger partial charge in [0, 0.05) is 24.2 Å². The molecule has 0 saturated carbocycles. The van der Waals surface area contributed by atoms with Crippen molar-refractivity contribution in [2.75, 3.05) is 31.6 Å². The van der Waals surface area contributed by atoms with Crippen molar-refractivity contribution < 1.29 is 21.6 Å². The highest BCUT2D eigenvalue weighted by Crippen LogP contribution is 2.22. The molecule has 142 valence electrons. The second kappa shape index (κ2) is 7.58. The van der Waals surface area contributed by atoms with E-state index in [0.717, 1.165) is 16.2 Å². The van der Waals surface area contributed by atoms with Gasteiger partial charge in [0.15, 0.2) is 0 Å². The molecule has 0 atom stereocenters. The van der Waals surface area contributed by atoms with Crippen LogP contribution in [0.4, 0.5) is 5.82 Å². The summed E-state index contributed by atoms with van der Waals surface area (Å²) in [7, 11) is -7.28. The normalized spacial score (nSPS) is 16.5. The summed E-state index contributed by atoms with van der Waals surface area (Å²) in [6.07, 6.45) is 1.30. The van der Waals surface area contributed by atoms with E-state index >= 15 is 0 Å². The van der Waals surface area contributed by atoms with E-state index in [-0.39, 0.29) is 9.10 Å². The molecule has 0 spiro atoms. The van der Waals surface area contributed by atoms with Crippen molar-refractivity contribution in [3.8, 4) is 0 Å². The molecule has 0 amide bonds. The van der Waals surface area contributed by atoms with Gasteiger partial charge in [-0.2, -0.15) is 4.31 Å². The Morgan fingerprint density at radius 1 is 1.15 bits per heavy atom. The molecule has 3 N–H and O–H groups in total. The number of pyridine rings is 1. The number of nitrogens with zero attached hydrogens (tertiary/aromatic N) is 2. The first-order valence-electron chi connectivity index (χ1n) is 7.66. The zero-order valence-corrected chi connectivity index (χ0v) is 16.1. The Labute approximate surface area is 155 Å². The van der Waals surface area contributed by atoms with Gasteiger partial charge in [-0.3, -0.25) is 0 Å². The third-order valence-corrected chi connectivity index (χ3v) is 8.11. The molecular weight excluding hydrogens is 400 g/mol. The van der Waals surface area contributed by atoms with E-state index in [0.29, 0.717) is 38.7 Å². The molecule has 2 aromatic heterocycles. The number of hydrogen-bond donors (Lipinski definition) is 2. The Bertz CT molecular complexity index is 964. The van der Waals surface area contributed by atoms with Crippen LogP contribution >= 0.6 is 11.3 Å². The van der Waals surface area contributed by atoms with Crippen LogP contribution in [0, 0.1) is 0 Å². The van der Waals surface area contributed by atoms with Gasteiger partial charge in [-0.15, -0.1) is 11.3 Å². The first-order chi connectivity index (χ1) is 12.3. The summed E-state index contributed by atoms with van der Waals surface area (Å²) in [6.45, 7) is 1.77. The van der Waals surface area contributed by atoms with Gasteiger partial charge >= 0.3 is 0 Å². The quantitative estimate of drug-likeness (QED) is 0.695. The second-order valence-corrected chi connectivity index (χ2v) is 10.4. The molecule has 0 radical (unpaired) electrons. The van der Waals surface area contributed by atoms with E-state index in [1.54, 1.807) is 12.1 Å². The van der Waals surface area contributed by atoms with Crippen LogP contribution in [0.25, 0.3) is 0 Å². The van der Waals surface area contributed by atoms with Crippen LogP contribution in [0.15, 0.2) is 39.6 Å². The summed E-state index contributed by atoms with van der Waals surface area (Å²) in [5, 5.41) is 8.10. The van der Waals surface area contributed by atoms with Gasteiger partial charge in [0.25, 0.3) is 0 Å². The number of rotatable bonds is 6. The lowest BCUT2D eigenvalue weighted by Gasteiger charge is -2.25. The molecule has 0 unspecified atom stereocenters.